The largest absolute Gasteiger partial charge is 0.453 e. The molecule has 0 amide bonds. The summed E-state index contributed by atoms with van der Waals surface area (Å²) in [6.45, 7) is 4.13. The van der Waals surface area contributed by atoms with E-state index >= 15 is 0 Å². The SMILES string of the molecule is CCC[C@H]1C(=O)O[C@@](C)(c2ccccc2)[C@@H]1I. The maximum Gasteiger partial charge on any atom is 0.311 e. The lowest BCUT2D eigenvalue weighted by Gasteiger charge is -2.27. The Morgan fingerprint density at radius 2 is 2.00 bits per heavy atom. The number of carbonyl (C=O) groups excluding carboxylic acids is 1. The molecular weight excluding hydrogens is 327 g/mol. The molecule has 0 aromatic heterocycles. The van der Waals surface area contributed by atoms with Crippen LogP contribution in [0, 0.1) is 5.92 Å². The van der Waals surface area contributed by atoms with Crippen molar-refractivity contribution in [2.45, 2.75) is 36.2 Å². The molecule has 0 spiro atoms. The van der Waals surface area contributed by atoms with Gasteiger partial charge in [0.25, 0.3) is 0 Å². The second-order valence-corrected chi connectivity index (χ2v) is 6.03. The van der Waals surface area contributed by atoms with Crippen LogP contribution in [-0.4, -0.2) is 9.89 Å². The Hall–Kier alpha value is -0.580. The molecule has 1 fully saturated rings. The minimum absolute atomic E-state index is 0.0332. The zero-order valence-corrected chi connectivity index (χ0v) is 12.3. The minimum atomic E-state index is -0.473. The highest BCUT2D eigenvalue weighted by molar-refractivity contribution is 14.1. The average molecular weight is 344 g/mol. The minimum Gasteiger partial charge on any atom is -0.453 e. The van der Waals surface area contributed by atoms with Crippen molar-refractivity contribution in [2.75, 3.05) is 0 Å². The van der Waals surface area contributed by atoms with Crippen molar-refractivity contribution in [2.24, 2.45) is 5.92 Å². The van der Waals surface area contributed by atoms with Gasteiger partial charge in [0, 0.05) is 0 Å². The molecule has 0 aliphatic carbocycles. The molecule has 17 heavy (non-hydrogen) atoms. The third kappa shape index (κ3) is 2.21. The van der Waals surface area contributed by atoms with Gasteiger partial charge in [-0.05, 0) is 18.9 Å². The summed E-state index contributed by atoms with van der Waals surface area (Å²) in [7, 11) is 0. The van der Waals surface area contributed by atoms with Crippen molar-refractivity contribution < 1.29 is 9.53 Å². The van der Waals surface area contributed by atoms with Crippen LogP contribution in [0.3, 0.4) is 0 Å². The Labute approximate surface area is 116 Å². The molecule has 1 aromatic rings. The first-order valence-corrected chi connectivity index (χ1v) is 7.26. The number of halogens is 1. The van der Waals surface area contributed by atoms with E-state index in [9.17, 15) is 4.79 Å². The predicted octanol–water partition coefficient (Wildman–Crippen LogP) is 3.68. The van der Waals surface area contributed by atoms with Gasteiger partial charge >= 0.3 is 5.97 Å². The topological polar surface area (TPSA) is 26.3 Å². The van der Waals surface area contributed by atoms with Gasteiger partial charge in [-0.1, -0.05) is 66.3 Å². The van der Waals surface area contributed by atoms with Gasteiger partial charge in [0.1, 0.15) is 5.60 Å². The van der Waals surface area contributed by atoms with Crippen LogP contribution in [0.15, 0.2) is 30.3 Å². The van der Waals surface area contributed by atoms with E-state index in [0.717, 1.165) is 18.4 Å². The maximum atomic E-state index is 11.9. The summed E-state index contributed by atoms with van der Waals surface area (Å²) in [5.74, 6) is -0.0107. The van der Waals surface area contributed by atoms with Gasteiger partial charge in [-0.3, -0.25) is 4.79 Å². The molecule has 0 N–H and O–H groups in total. The molecule has 3 heteroatoms. The van der Waals surface area contributed by atoms with E-state index in [1.165, 1.54) is 0 Å². The highest BCUT2D eigenvalue weighted by atomic mass is 127. The van der Waals surface area contributed by atoms with Gasteiger partial charge in [0.15, 0.2) is 0 Å². The van der Waals surface area contributed by atoms with Crippen molar-refractivity contribution in [1.29, 1.82) is 0 Å². The first kappa shape index (κ1) is 12.9. The summed E-state index contributed by atoms with van der Waals surface area (Å²) in [4.78, 5) is 11.9. The molecule has 2 rings (SSSR count). The Kier molecular flexibility index (Phi) is 3.76. The van der Waals surface area contributed by atoms with E-state index in [1.807, 2.05) is 37.3 Å². The van der Waals surface area contributed by atoms with E-state index in [4.69, 9.17) is 4.74 Å². The molecule has 0 bridgehead atoms. The Morgan fingerprint density at radius 1 is 1.35 bits per heavy atom. The number of hydrogen-bond acceptors (Lipinski definition) is 2. The van der Waals surface area contributed by atoms with Crippen LogP contribution in [0.4, 0.5) is 0 Å². The molecule has 1 heterocycles. The number of alkyl halides is 1. The Balaban J connectivity index is 2.31. The monoisotopic (exact) mass is 344 g/mol. The maximum absolute atomic E-state index is 11.9. The molecular formula is C14H17IO2. The van der Waals surface area contributed by atoms with Gasteiger partial charge in [0.2, 0.25) is 0 Å². The molecule has 0 unspecified atom stereocenters. The lowest BCUT2D eigenvalue weighted by atomic mass is 9.87. The smallest absolute Gasteiger partial charge is 0.311 e. The normalized spacial score (nSPS) is 32.5. The molecule has 92 valence electrons. The van der Waals surface area contributed by atoms with Crippen LogP contribution in [-0.2, 0) is 15.1 Å². The summed E-state index contributed by atoms with van der Waals surface area (Å²) in [6.07, 6.45) is 1.93. The molecule has 0 radical (unpaired) electrons. The number of esters is 1. The van der Waals surface area contributed by atoms with Crippen molar-refractivity contribution >= 4 is 28.6 Å². The number of cyclic esters (lactones) is 1. The fourth-order valence-electron chi connectivity index (χ4n) is 2.41. The van der Waals surface area contributed by atoms with E-state index in [1.54, 1.807) is 0 Å². The van der Waals surface area contributed by atoms with Crippen molar-refractivity contribution in [1.82, 2.24) is 0 Å². The Bertz CT molecular complexity index is 404. The van der Waals surface area contributed by atoms with Gasteiger partial charge in [-0.25, -0.2) is 0 Å². The quantitative estimate of drug-likeness (QED) is 0.475. The fraction of sp³-hybridized carbons (Fsp3) is 0.500. The van der Waals surface area contributed by atoms with Crippen LogP contribution >= 0.6 is 22.6 Å². The third-order valence-corrected chi connectivity index (χ3v) is 5.50. The summed E-state index contributed by atoms with van der Waals surface area (Å²) in [5.41, 5.74) is 0.616. The number of benzene rings is 1. The highest BCUT2D eigenvalue weighted by Gasteiger charge is 2.51. The van der Waals surface area contributed by atoms with Crippen LogP contribution in [0.1, 0.15) is 32.3 Å². The zero-order chi connectivity index (χ0) is 12.5. The fourth-order valence-corrected chi connectivity index (χ4v) is 3.55. The molecule has 0 saturated carbocycles. The lowest BCUT2D eigenvalue weighted by Crippen LogP contribution is -2.31. The molecule has 2 nitrogen and oxygen atoms in total. The second-order valence-electron chi connectivity index (χ2n) is 4.69. The molecule has 3 atom stereocenters. The van der Waals surface area contributed by atoms with Gasteiger partial charge in [-0.15, -0.1) is 0 Å². The number of hydrogen-bond donors (Lipinski definition) is 0. The first-order chi connectivity index (χ1) is 8.09. The van der Waals surface area contributed by atoms with Crippen LogP contribution in [0.25, 0.3) is 0 Å². The van der Waals surface area contributed by atoms with Crippen molar-refractivity contribution in [3.05, 3.63) is 35.9 Å². The molecule has 1 aliphatic rings. The summed E-state index contributed by atoms with van der Waals surface area (Å²) >= 11 is 2.37. The van der Waals surface area contributed by atoms with Gasteiger partial charge in [0.05, 0.1) is 9.84 Å². The van der Waals surface area contributed by atoms with E-state index < -0.39 is 5.60 Å². The third-order valence-electron chi connectivity index (χ3n) is 3.44. The van der Waals surface area contributed by atoms with Crippen LogP contribution in [0.5, 0.6) is 0 Å². The lowest BCUT2D eigenvalue weighted by molar-refractivity contribution is -0.150. The van der Waals surface area contributed by atoms with Gasteiger partial charge in [-0.2, -0.15) is 0 Å². The van der Waals surface area contributed by atoms with E-state index in [0.29, 0.717) is 0 Å². The van der Waals surface area contributed by atoms with E-state index in [-0.39, 0.29) is 15.8 Å². The van der Waals surface area contributed by atoms with Crippen LogP contribution in [0.2, 0.25) is 0 Å². The zero-order valence-electron chi connectivity index (χ0n) is 10.2. The van der Waals surface area contributed by atoms with Crippen molar-refractivity contribution in [3.63, 3.8) is 0 Å². The highest BCUT2D eigenvalue weighted by Crippen LogP contribution is 2.45. The average Bonchev–Trinajstić information content (AvgIpc) is 2.56. The Morgan fingerprint density at radius 3 is 2.59 bits per heavy atom. The molecule has 1 aliphatic heterocycles. The van der Waals surface area contributed by atoms with E-state index in [2.05, 4.69) is 29.5 Å². The standard InChI is InChI=1S/C14H17IO2/c1-3-7-11-12(15)14(2,17-13(11)16)10-8-5-4-6-9-10/h4-6,8-9,11-12H,3,7H2,1-2H3/t11-,12-,14+/m1/s1. The second kappa shape index (κ2) is 4.96. The first-order valence-electron chi connectivity index (χ1n) is 6.02. The van der Waals surface area contributed by atoms with Gasteiger partial charge < -0.3 is 4.74 Å². The summed E-state index contributed by atoms with van der Waals surface area (Å²) < 4.78 is 5.87. The summed E-state index contributed by atoms with van der Waals surface area (Å²) in [5, 5.41) is 0. The predicted molar refractivity (Wildman–Crippen MR) is 76.1 cm³/mol. The molecule has 1 saturated heterocycles. The van der Waals surface area contributed by atoms with Crippen LogP contribution < -0.4 is 0 Å². The molecule has 1 aromatic carbocycles. The number of rotatable bonds is 3. The number of ether oxygens (including phenoxy) is 1. The number of carbonyl (C=O) groups is 1. The van der Waals surface area contributed by atoms with Crippen molar-refractivity contribution in [3.8, 4) is 0 Å². The summed E-state index contributed by atoms with van der Waals surface area (Å²) in [6, 6.07) is 10.0.